The van der Waals surface area contributed by atoms with Crippen LogP contribution in [0.1, 0.15) is 16.9 Å². The Labute approximate surface area is 146 Å². The van der Waals surface area contributed by atoms with Gasteiger partial charge in [0.1, 0.15) is 0 Å². The zero-order chi connectivity index (χ0) is 15.5. The van der Waals surface area contributed by atoms with Crippen LogP contribution in [0.4, 0.5) is 0 Å². The summed E-state index contributed by atoms with van der Waals surface area (Å²) >= 11 is 3.66. The molecule has 0 bridgehead atoms. The molecule has 0 amide bonds. The van der Waals surface area contributed by atoms with Crippen LogP contribution < -0.4 is 0 Å². The quantitative estimate of drug-likeness (QED) is 0.841. The van der Waals surface area contributed by atoms with E-state index in [1.807, 2.05) is 11.3 Å². The van der Waals surface area contributed by atoms with Crippen molar-refractivity contribution in [2.24, 2.45) is 5.41 Å². The first-order valence-corrected chi connectivity index (χ1v) is 10.2. The molecule has 2 aliphatic heterocycles. The van der Waals surface area contributed by atoms with E-state index < -0.39 is 0 Å². The molecule has 2 aromatic heterocycles. The van der Waals surface area contributed by atoms with Gasteiger partial charge in [-0.3, -0.25) is 9.80 Å². The van der Waals surface area contributed by atoms with Crippen LogP contribution in [-0.2, 0) is 17.8 Å². The summed E-state index contributed by atoms with van der Waals surface area (Å²) in [5.74, 6) is 0. The van der Waals surface area contributed by atoms with Crippen molar-refractivity contribution < 1.29 is 4.74 Å². The minimum absolute atomic E-state index is 0.323. The normalized spacial score (nSPS) is 26.8. The highest BCUT2D eigenvalue weighted by Gasteiger charge is 2.41. The minimum Gasteiger partial charge on any atom is -0.379 e. The van der Waals surface area contributed by atoms with Gasteiger partial charge >= 0.3 is 0 Å². The van der Waals surface area contributed by atoms with Crippen molar-refractivity contribution in [3.8, 4) is 0 Å². The lowest BCUT2D eigenvalue weighted by Gasteiger charge is -2.31. The Hall–Kier alpha value is -0.720. The van der Waals surface area contributed by atoms with Crippen LogP contribution in [0.2, 0.25) is 0 Å². The molecule has 0 radical (unpaired) electrons. The molecule has 0 N–H and O–H groups in total. The Bertz CT molecular complexity index is 599. The molecule has 3 nitrogen and oxygen atoms in total. The molecule has 2 aliphatic rings. The summed E-state index contributed by atoms with van der Waals surface area (Å²) < 4.78 is 6.00. The third-order valence-electron chi connectivity index (χ3n) is 4.98. The van der Waals surface area contributed by atoms with Crippen molar-refractivity contribution in [2.75, 3.05) is 39.4 Å². The van der Waals surface area contributed by atoms with Gasteiger partial charge in [-0.25, -0.2) is 0 Å². The van der Waals surface area contributed by atoms with Crippen molar-refractivity contribution in [1.82, 2.24) is 9.80 Å². The van der Waals surface area contributed by atoms with Crippen molar-refractivity contribution >= 4 is 22.7 Å². The third-order valence-corrected chi connectivity index (χ3v) is 6.58. The van der Waals surface area contributed by atoms with Gasteiger partial charge in [-0.15, -0.1) is 11.3 Å². The van der Waals surface area contributed by atoms with Gasteiger partial charge in [0.2, 0.25) is 0 Å². The van der Waals surface area contributed by atoms with E-state index >= 15 is 0 Å². The lowest BCUT2D eigenvalue weighted by atomic mass is 9.87. The lowest BCUT2D eigenvalue weighted by Crippen LogP contribution is -2.40. The summed E-state index contributed by atoms with van der Waals surface area (Å²) in [6, 6.07) is 6.66. The largest absolute Gasteiger partial charge is 0.379 e. The maximum absolute atomic E-state index is 6.00. The number of ether oxygens (including phenoxy) is 1. The van der Waals surface area contributed by atoms with E-state index in [1.165, 1.54) is 36.5 Å². The first kappa shape index (κ1) is 15.8. The average Bonchev–Trinajstić information content (AvgIpc) is 3.25. The van der Waals surface area contributed by atoms with Gasteiger partial charge in [0.15, 0.2) is 0 Å². The van der Waals surface area contributed by atoms with Crippen LogP contribution in [0.5, 0.6) is 0 Å². The fraction of sp³-hybridized carbons (Fsp3) is 0.556. The fourth-order valence-electron chi connectivity index (χ4n) is 3.89. The molecule has 4 heterocycles. The number of rotatable bonds is 4. The molecule has 5 heteroatoms. The van der Waals surface area contributed by atoms with Gasteiger partial charge in [-0.2, -0.15) is 11.3 Å². The van der Waals surface area contributed by atoms with Crippen molar-refractivity contribution in [3.05, 3.63) is 44.8 Å². The second kappa shape index (κ2) is 7.03. The number of hydrogen-bond acceptors (Lipinski definition) is 5. The zero-order valence-electron chi connectivity index (χ0n) is 13.4. The summed E-state index contributed by atoms with van der Waals surface area (Å²) in [5, 5.41) is 6.63. The Morgan fingerprint density at radius 2 is 2.00 bits per heavy atom. The van der Waals surface area contributed by atoms with E-state index in [0.717, 1.165) is 32.8 Å². The van der Waals surface area contributed by atoms with Crippen molar-refractivity contribution in [2.45, 2.75) is 19.5 Å². The maximum Gasteiger partial charge on any atom is 0.0593 e. The predicted octanol–water partition coefficient (Wildman–Crippen LogP) is 3.53. The van der Waals surface area contributed by atoms with Gasteiger partial charge in [-0.05, 0) is 46.8 Å². The highest BCUT2D eigenvalue weighted by Crippen LogP contribution is 2.35. The van der Waals surface area contributed by atoms with Gasteiger partial charge in [0.25, 0.3) is 0 Å². The van der Waals surface area contributed by atoms with Gasteiger partial charge < -0.3 is 4.74 Å². The monoisotopic (exact) mass is 348 g/mol. The number of nitrogens with zero attached hydrogens (tertiary/aromatic N) is 2. The summed E-state index contributed by atoms with van der Waals surface area (Å²) in [4.78, 5) is 6.69. The van der Waals surface area contributed by atoms with Gasteiger partial charge in [0, 0.05) is 43.0 Å². The molecule has 0 saturated carbocycles. The highest BCUT2D eigenvalue weighted by molar-refractivity contribution is 7.09. The molecule has 1 spiro atoms. The molecule has 124 valence electrons. The summed E-state index contributed by atoms with van der Waals surface area (Å²) in [5.41, 5.74) is 1.77. The molecular formula is C18H24N2OS2. The van der Waals surface area contributed by atoms with Crippen LogP contribution in [-0.4, -0.2) is 49.2 Å². The molecule has 4 rings (SSSR count). The smallest absolute Gasteiger partial charge is 0.0593 e. The first-order chi connectivity index (χ1) is 11.3. The number of thiophene rings is 2. The van der Waals surface area contributed by atoms with E-state index in [0.29, 0.717) is 5.41 Å². The molecule has 1 unspecified atom stereocenters. The van der Waals surface area contributed by atoms with Crippen LogP contribution in [0.15, 0.2) is 34.3 Å². The topological polar surface area (TPSA) is 15.7 Å². The van der Waals surface area contributed by atoms with E-state index in [-0.39, 0.29) is 0 Å². The molecular weight excluding hydrogens is 324 g/mol. The highest BCUT2D eigenvalue weighted by atomic mass is 32.1. The molecule has 2 fully saturated rings. The van der Waals surface area contributed by atoms with Gasteiger partial charge in [0.05, 0.1) is 13.2 Å². The molecule has 0 aromatic carbocycles. The zero-order valence-corrected chi connectivity index (χ0v) is 15.1. The van der Waals surface area contributed by atoms with E-state index in [2.05, 4.69) is 44.1 Å². The Balaban J connectivity index is 1.40. The van der Waals surface area contributed by atoms with E-state index in [4.69, 9.17) is 4.74 Å². The molecule has 2 aromatic rings. The minimum atomic E-state index is 0.323. The van der Waals surface area contributed by atoms with E-state index in [1.54, 1.807) is 11.3 Å². The number of likely N-dealkylation sites (tertiary alicyclic amines) is 1. The molecule has 1 atom stereocenters. The molecule has 23 heavy (non-hydrogen) atoms. The van der Waals surface area contributed by atoms with Crippen molar-refractivity contribution in [1.29, 1.82) is 0 Å². The first-order valence-electron chi connectivity index (χ1n) is 8.37. The second-order valence-corrected chi connectivity index (χ2v) is 8.75. The van der Waals surface area contributed by atoms with Crippen molar-refractivity contribution in [3.63, 3.8) is 0 Å². The Kier molecular flexibility index (Phi) is 4.83. The second-order valence-electron chi connectivity index (χ2n) is 6.93. The SMILES string of the molecule is c1csc(CN2CCC3(COCCN(Cc4ccsc4)C3)C2)c1. The number of hydrogen-bond donors (Lipinski definition) is 0. The lowest BCUT2D eigenvalue weighted by molar-refractivity contribution is 0.0707. The summed E-state index contributed by atoms with van der Waals surface area (Å²) in [7, 11) is 0. The summed E-state index contributed by atoms with van der Waals surface area (Å²) in [6.45, 7) is 8.57. The molecule has 0 aliphatic carbocycles. The standard InChI is InChI=1S/C18H24N2OS2/c1-2-17(23-8-1)11-19-5-4-18(13-19)14-20(6-7-21-15-18)10-16-3-9-22-12-16/h1-3,8-9,12H,4-7,10-11,13-15H2. The molecule has 2 saturated heterocycles. The predicted molar refractivity (Wildman–Crippen MR) is 97.1 cm³/mol. The van der Waals surface area contributed by atoms with E-state index in [9.17, 15) is 0 Å². The van der Waals surface area contributed by atoms with Crippen LogP contribution in [0.3, 0.4) is 0 Å². The maximum atomic E-state index is 6.00. The average molecular weight is 349 g/mol. The third kappa shape index (κ3) is 3.86. The van der Waals surface area contributed by atoms with Crippen LogP contribution >= 0.6 is 22.7 Å². The van der Waals surface area contributed by atoms with Crippen LogP contribution in [0, 0.1) is 5.41 Å². The Morgan fingerprint density at radius 3 is 2.78 bits per heavy atom. The van der Waals surface area contributed by atoms with Gasteiger partial charge in [-0.1, -0.05) is 6.07 Å². The van der Waals surface area contributed by atoms with Crippen LogP contribution in [0.25, 0.3) is 0 Å². The summed E-state index contributed by atoms with van der Waals surface area (Å²) in [6.07, 6.45) is 1.26. The fourth-order valence-corrected chi connectivity index (χ4v) is 5.30. The Morgan fingerprint density at radius 1 is 1.09 bits per heavy atom.